The molecule has 0 saturated heterocycles. The van der Waals surface area contributed by atoms with E-state index < -0.39 is 21.9 Å². The second-order valence-corrected chi connectivity index (χ2v) is 4.94. The van der Waals surface area contributed by atoms with Crippen LogP contribution in [0, 0.1) is 0 Å². The van der Waals surface area contributed by atoms with Crippen molar-refractivity contribution >= 4 is 10.0 Å². The molecule has 1 N–H and O–H groups in total. The molecule has 0 spiro atoms. The van der Waals surface area contributed by atoms with Crippen LogP contribution in [0.1, 0.15) is 11.4 Å². The first-order valence-electron chi connectivity index (χ1n) is 4.16. The summed E-state index contributed by atoms with van der Waals surface area (Å²) in [7, 11) is -3.44. The molecule has 4 nitrogen and oxygen atoms in total. The van der Waals surface area contributed by atoms with Gasteiger partial charge in [-0.3, -0.25) is 0 Å². The Morgan fingerprint density at radius 3 is 2.50 bits per heavy atom. The van der Waals surface area contributed by atoms with Gasteiger partial charge in [-0.1, -0.05) is 6.07 Å². The van der Waals surface area contributed by atoms with Crippen molar-refractivity contribution in [1.82, 2.24) is 9.71 Å². The number of halogens is 3. The summed E-state index contributed by atoms with van der Waals surface area (Å²) in [4.78, 5) is 3.30. The number of pyridine rings is 1. The average Bonchev–Trinajstić information content (AvgIpc) is 2.13. The zero-order valence-corrected chi connectivity index (χ0v) is 9.06. The van der Waals surface area contributed by atoms with Gasteiger partial charge in [-0.05, 0) is 12.1 Å². The van der Waals surface area contributed by atoms with Gasteiger partial charge in [0, 0.05) is 0 Å². The van der Waals surface area contributed by atoms with Crippen LogP contribution in [0.25, 0.3) is 0 Å². The number of alkyl halides is 3. The van der Waals surface area contributed by atoms with Crippen LogP contribution < -0.4 is 4.72 Å². The lowest BCUT2D eigenvalue weighted by atomic mass is 10.3. The number of nitrogens with zero attached hydrogens (tertiary/aromatic N) is 1. The van der Waals surface area contributed by atoms with E-state index in [9.17, 15) is 21.6 Å². The summed E-state index contributed by atoms with van der Waals surface area (Å²) in [6, 6.07) is 3.31. The first kappa shape index (κ1) is 12.9. The average molecular weight is 254 g/mol. The number of hydrogen-bond donors (Lipinski definition) is 1. The molecule has 0 fully saturated rings. The van der Waals surface area contributed by atoms with Crippen molar-refractivity contribution < 1.29 is 21.6 Å². The maximum atomic E-state index is 12.2. The molecule has 0 amide bonds. The van der Waals surface area contributed by atoms with Gasteiger partial charge in [0.05, 0.1) is 18.5 Å². The minimum absolute atomic E-state index is 0.0141. The second-order valence-electron chi connectivity index (χ2n) is 3.11. The van der Waals surface area contributed by atoms with Gasteiger partial charge in [0.15, 0.2) is 0 Å². The molecule has 0 aliphatic carbocycles. The zero-order valence-electron chi connectivity index (χ0n) is 8.25. The van der Waals surface area contributed by atoms with Crippen LogP contribution in [0.15, 0.2) is 18.2 Å². The van der Waals surface area contributed by atoms with E-state index in [0.29, 0.717) is 0 Å². The predicted molar refractivity (Wildman–Crippen MR) is 50.9 cm³/mol. The van der Waals surface area contributed by atoms with Gasteiger partial charge in [-0.15, -0.1) is 0 Å². The molecule has 90 valence electrons. The van der Waals surface area contributed by atoms with E-state index in [2.05, 4.69) is 9.71 Å². The second kappa shape index (κ2) is 4.38. The van der Waals surface area contributed by atoms with Crippen molar-refractivity contribution in [3.63, 3.8) is 0 Å². The van der Waals surface area contributed by atoms with E-state index >= 15 is 0 Å². The lowest BCUT2D eigenvalue weighted by molar-refractivity contribution is -0.141. The minimum atomic E-state index is -4.53. The van der Waals surface area contributed by atoms with Crippen molar-refractivity contribution in [2.75, 3.05) is 6.26 Å². The summed E-state index contributed by atoms with van der Waals surface area (Å²) in [5.41, 5.74) is -1.03. The molecule has 8 heteroatoms. The molecule has 1 aromatic heterocycles. The molecule has 1 rings (SSSR count). The Morgan fingerprint density at radius 1 is 1.38 bits per heavy atom. The summed E-state index contributed by atoms with van der Waals surface area (Å²) >= 11 is 0. The fourth-order valence-electron chi connectivity index (χ4n) is 0.941. The highest BCUT2D eigenvalue weighted by molar-refractivity contribution is 7.88. The summed E-state index contributed by atoms with van der Waals surface area (Å²) in [6.07, 6.45) is -3.61. The van der Waals surface area contributed by atoms with Gasteiger partial charge in [0.1, 0.15) is 5.69 Å². The topological polar surface area (TPSA) is 59.1 Å². The number of nitrogens with one attached hydrogen (secondary N) is 1. The number of rotatable bonds is 3. The molecule has 16 heavy (non-hydrogen) atoms. The summed E-state index contributed by atoms with van der Waals surface area (Å²) in [5, 5.41) is 0. The molecule has 0 atom stereocenters. The summed E-state index contributed by atoms with van der Waals surface area (Å²) in [6.45, 7) is -0.261. The molecule has 0 saturated carbocycles. The smallest absolute Gasteiger partial charge is 0.247 e. The van der Waals surface area contributed by atoms with E-state index in [4.69, 9.17) is 0 Å². The van der Waals surface area contributed by atoms with E-state index in [1.165, 1.54) is 12.1 Å². The fraction of sp³-hybridized carbons (Fsp3) is 0.375. The van der Waals surface area contributed by atoms with Crippen LogP contribution in [0.2, 0.25) is 0 Å². The largest absolute Gasteiger partial charge is 0.433 e. The molecule has 0 aromatic carbocycles. The Bertz CT molecular complexity index is 470. The highest BCUT2D eigenvalue weighted by atomic mass is 32.2. The molecule has 0 bridgehead atoms. The highest BCUT2D eigenvalue weighted by Crippen LogP contribution is 2.27. The Kier molecular flexibility index (Phi) is 3.54. The van der Waals surface area contributed by atoms with Crippen LogP contribution in [-0.2, 0) is 22.7 Å². The standard InChI is InChI=1S/C8H9F3N2O2S/c1-16(14,15)12-5-6-3-2-4-7(13-6)8(9,10)11/h2-4,12H,5H2,1H3. The van der Waals surface area contributed by atoms with Crippen molar-refractivity contribution in [3.8, 4) is 0 Å². The number of hydrogen-bond acceptors (Lipinski definition) is 3. The van der Waals surface area contributed by atoms with Gasteiger partial charge >= 0.3 is 6.18 Å². The van der Waals surface area contributed by atoms with Crippen molar-refractivity contribution in [1.29, 1.82) is 0 Å². The lowest BCUT2D eigenvalue weighted by Crippen LogP contribution is -2.22. The van der Waals surface area contributed by atoms with Gasteiger partial charge in [-0.25, -0.2) is 18.1 Å². The van der Waals surface area contributed by atoms with Gasteiger partial charge in [-0.2, -0.15) is 13.2 Å². The zero-order chi connectivity index (χ0) is 12.4. The van der Waals surface area contributed by atoms with Crippen molar-refractivity contribution in [2.24, 2.45) is 0 Å². The van der Waals surface area contributed by atoms with E-state index in [-0.39, 0.29) is 12.2 Å². The van der Waals surface area contributed by atoms with E-state index in [0.717, 1.165) is 12.3 Å². The van der Waals surface area contributed by atoms with E-state index in [1.807, 2.05) is 0 Å². The normalized spacial score (nSPS) is 12.8. The quantitative estimate of drug-likeness (QED) is 0.880. The van der Waals surface area contributed by atoms with Gasteiger partial charge in [0.2, 0.25) is 10.0 Å². The molecule has 1 aromatic rings. The third kappa shape index (κ3) is 4.15. The van der Waals surface area contributed by atoms with E-state index in [1.54, 1.807) is 0 Å². The third-order valence-electron chi connectivity index (χ3n) is 1.61. The third-order valence-corrected chi connectivity index (χ3v) is 2.28. The maximum absolute atomic E-state index is 12.2. The number of sulfonamides is 1. The predicted octanol–water partition coefficient (Wildman–Crippen LogP) is 1.15. The van der Waals surface area contributed by atoms with Gasteiger partial charge < -0.3 is 0 Å². The van der Waals surface area contributed by atoms with Crippen LogP contribution in [0.5, 0.6) is 0 Å². The molecular formula is C8H9F3N2O2S. The molecule has 0 unspecified atom stereocenters. The molecule has 0 aliphatic rings. The maximum Gasteiger partial charge on any atom is 0.433 e. The van der Waals surface area contributed by atoms with Crippen LogP contribution in [0.3, 0.4) is 0 Å². The van der Waals surface area contributed by atoms with Gasteiger partial charge in [0.25, 0.3) is 0 Å². The molecular weight excluding hydrogens is 245 g/mol. The summed E-state index contributed by atoms with van der Waals surface area (Å²) in [5.74, 6) is 0. The summed E-state index contributed by atoms with van der Waals surface area (Å²) < 4.78 is 60.2. The molecule has 0 radical (unpaired) electrons. The first-order valence-corrected chi connectivity index (χ1v) is 6.05. The fourth-order valence-corrected chi connectivity index (χ4v) is 1.35. The van der Waals surface area contributed by atoms with Crippen LogP contribution in [0.4, 0.5) is 13.2 Å². The number of aromatic nitrogens is 1. The minimum Gasteiger partial charge on any atom is -0.247 e. The Morgan fingerprint density at radius 2 is 2.00 bits per heavy atom. The Hall–Kier alpha value is -1.15. The van der Waals surface area contributed by atoms with Crippen molar-refractivity contribution in [2.45, 2.75) is 12.7 Å². The molecule has 0 aliphatic heterocycles. The lowest BCUT2D eigenvalue weighted by Gasteiger charge is -2.07. The first-order chi connectivity index (χ1) is 7.18. The van der Waals surface area contributed by atoms with Crippen LogP contribution >= 0.6 is 0 Å². The SMILES string of the molecule is CS(=O)(=O)NCc1cccc(C(F)(F)F)n1. The Labute approximate surface area is 90.6 Å². The Balaban J connectivity index is 2.84. The van der Waals surface area contributed by atoms with Crippen molar-refractivity contribution in [3.05, 3.63) is 29.6 Å². The molecule has 1 heterocycles. The monoisotopic (exact) mass is 254 g/mol. The highest BCUT2D eigenvalue weighted by Gasteiger charge is 2.32. The van der Waals surface area contributed by atoms with Crippen LogP contribution in [-0.4, -0.2) is 19.7 Å².